The van der Waals surface area contributed by atoms with Crippen molar-refractivity contribution in [2.75, 3.05) is 20.6 Å². The Morgan fingerprint density at radius 1 is 1.17 bits per heavy atom. The Kier molecular flexibility index (Phi) is 6.19. The third-order valence-corrected chi connectivity index (χ3v) is 6.50. The minimum absolute atomic E-state index is 0.0156. The normalized spacial score (nSPS) is 11.8. The van der Waals surface area contributed by atoms with Crippen molar-refractivity contribution in [3.8, 4) is 0 Å². The molecule has 8 nitrogen and oxygen atoms in total. The number of sulfonamides is 1. The van der Waals surface area contributed by atoms with Crippen LogP contribution in [0.2, 0.25) is 0 Å². The molecule has 2 heterocycles. The van der Waals surface area contributed by atoms with Gasteiger partial charge in [-0.25, -0.2) is 12.7 Å². The highest BCUT2D eigenvalue weighted by Gasteiger charge is 2.18. The van der Waals surface area contributed by atoms with E-state index in [0.717, 1.165) is 20.8 Å². The number of aromatic amines is 1. The average molecular weight is 417 g/mol. The predicted octanol–water partition coefficient (Wildman–Crippen LogP) is 1.33. The fourth-order valence-electron chi connectivity index (χ4n) is 3.03. The van der Waals surface area contributed by atoms with Gasteiger partial charge in [0.25, 0.3) is 5.56 Å². The van der Waals surface area contributed by atoms with E-state index in [1.54, 1.807) is 0 Å². The molecule has 0 saturated heterocycles. The number of hydrogen-bond donors (Lipinski definition) is 2. The molecule has 0 aliphatic carbocycles. The zero-order chi connectivity index (χ0) is 21.0. The SMILES string of the molecule is CN(C)S(=O)(=O)c1ccc(=O)n(CCC(=O)NCCc2c[nH]c3ccccc23)c1. The summed E-state index contributed by atoms with van der Waals surface area (Å²) in [6.45, 7) is 0.583. The number of rotatable bonds is 8. The Bertz CT molecular complexity index is 1180. The summed E-state index contributed by atoms with van der Waals surface area (Å²) in [7, 11) is -0.797. The van der Waals surface area contributed by atoms with Gasteiger partial charge in [0.15, 0.2) is 0 Å². The first kappa shape index (κ1) is 20.8. The number of para-hydroxylation sites is 1. The van der Waals surface area contributed by atoms with Gasteiger partial charge in [-0.3, -0.25) is 9.59 Å². The lowest BCUT2D eigenvalue weighted by molar-refractivity contribution is -0.121. The van der Waals surface area contributed by atoms with Crippen LogP contribution in [-0.4, -0.2) is 48.8 Å². The minimum atomic E-state index is -3.64. The molecule has 29 heavy (non-hydrogen) atoms. The summed E-state index contributed by atoms with van der Waals surface area (Å²) in [4.78, 5) is 27.4. The van der Waals surface area contributed by atoms with Crippen molar-refractivity contribution < 1.29 is 13.2 Å². The van der Waals surface area contributed by atoms with Crippen LogP contribution >= 0.6 is 0 Å². The maximum absolute atomic E-state index is 12.2. The van der Waals surface area contributed by atoms with E-state index < -0.39 is 10.0 Å². The molecule has 0 aliphatic heterocycles. The molecule has 0 bridgehead atoms. The molecule has 2 aromatic heterocycles. The van der Waals surface area contributed by atoms with Gasteiger partial charge in [-0.2, -0.15) is 0 Å². The molecule has 154 valence electrons. The zero-order valence-corrected chi connectivity index (χ0v) is 17.2. The topological polar surface area (TPSA) is 104 Å². The molecule has 1 amide bonds. The molecule has 1 aromatic carbocycles. The lowest BCUT2D eigenvalue weighted by atomic mass is 10.1. The second kappa shape index (κ2) is 8.62. The molecule has 9 heteroatoms. The molecule has 3 rings (SSSR count). The smallest absolute Gasteiger partial charge is 0.250 e. The number of nitrogens with one attached hydrogen (secondary N) is 2. The van der Waals surface area contributed by atoms with Crippen molar-refractivity contribution in [2.24, 2.45) is 0 Å². The molecular weight excluding hydrogens is 392 g/mol. The first-order valence-electron chi connectivity index (χ1n) is 9.24. The van der Waals surface area contributed by atoms with Crippen LogP contribution in [0.15, 0.2) is 58.5 Å². The highest BCUT2D eigenvalue weighted by molar-refractivity contribution is 7.89. The number of carbonyl (C=O) groups is 1. The number of H-pyrrole nitrogens is 1. The first-order chi connectivity index (χ1) is 13.8. The Morgan fingerprint density at radius 2 is 1.93 bits per heavy atom. The van der Waals surface area contributed by atoms with Crippen LogP contribution in [0.3, 0.4) is 0 Å². The maximum atomic E-state index is 12.2. The third kappa shape index (κ3) is 4.75. The van der Waals surface area contributed by atoms with E-state index in [0.29, 0.717) is 13.0 Å². The number of benzene rings is 1. The summed E-state index contributed by atoms with van der Waals surface area (Å²) in [5.74, 6) is -0.197. The lowest BCUT2D eigenvalue weighted by Gasteiger charge is -2.13. The van der Waals surface area contributed by atoms with E-state index in [1.165, 1.54) is 37.0 Å². The number of hydrogen-bond acceptors (Lipinski definition) is 4. The first-order valence-corrected chi connectivity index (χ1v) is 10.7. The average Bonchev–Trinajstić information content (AvgIpc) is 3.10. The number of amides is 1. The van der Waals surface area contributed by atoms with Crippen LogP contribution in [0.1, 0.15) is 12.0 Å². The van der Waals surface area contributed by atoms with E-state index in [2.05, 4.69) is 10.3 Å². The van der Waals surface area contributed by atoms with Crippen LogP contribution in [0, 0.1) is 0 Å². The second-order valence-corrected chi connectivity index (χ2v) is 9.05. The number of aryl methyl sites for hydroxylation is 1. The van der Waals surface area contributed by atoms with Gasteiger partial charge < -0.3 is 14.9 Å². The highest BCUT2D eigenvalue weighted by atomic mass is 32.2. The summed E-state index contributed by atoms with van der Waals surface area (Å²) in [6.07, 6.45) is 3.98. The number of fused-ring (bicyclic) bond motifs is 1. The number of carbonyl (C=O) groups excluding carboxylic acids is 1. The Hall–Kier alpha value is -2.91. The lowest BCUT2D eigenvalue weighted by Crippen LogP contribution is -2.29. The molecule has 0 radical (unpaired) electrons. The standard InChI is InChI=1S/C20H24N4O4S/c1-23(2)29(27,28)16-7-8-20(26)24(14-16)12-10-19(25)21-11-9-15-13-22-18-6-4-3-5-17(15)18/h3-8,13-14,22H,9-12H2,1-2H3,(H,21,25). The molecule has 2 N–H and O–H groups in total. The van der Waals surface area contributed by atoms with Crippen molar-refractivity contribution >= 4 is 26.8 Å². The molecule has 0 aliphatic rings. The largest absolute Gasteiger partial charge is 0.361 e. The summed E-state index contributed by atoms with van der Waals surface area (Å²) < 4.78 is 26.7. The van der Waals surface area contributed by atoms with Gasteiger partial charge in [-0.1, -0.05) is 18.2 Å². The quantitative estimate of drug-likeness (QED) is 0.578. The summed E-state index contributed by atoms with van der Waals surface area (Å²) >= 11 is 0. The number of nitrogens with zero attached hydrogens (tertiary/aromatic N) is 2. The summed E-state index contributed by atoms with van der Waals surface area (Å²) in [5.41, 5.74) is 1.83. The molecule has 0 fully saturated rings. The van der Waals surface area contributed by atoms with Gasteiger partial charge in [-0.05, 0) is 24.1 Å². The van der Waals surface area contributed by atoms with E-state index >= 15 is 0 Å². The van der Waals surface area contributed by atoms with Gasteiger partial charge in [0.2, 0.25) is 15.9 Å². The van der Waals surface area contributed by atoms with Crippen LogP contribution in [0.4, 0.5) is 0 Å². The minimum Gasteiger partial charge on any atom is -0.361 e. The van der Waals surface area contributed by atoms with Gasteiger partial charge in [0.1, 0.15) is 0 Å². The highest BCUT2D eigenvalue weighted by Crippen LogP contribution is 2.17. The Balaban J connectivity index is 1.56. The number of pyridine rings is 1. The van der Waals surface area contributed by atoms with Crippen molar-refractivity contribution in [3.05, 3.63) is 64.7 Å². The third-order valence-electron chi connectivity index (χ3n) is 4.71. The Labute approximate surface area is 169 Å². The molecule has 0 spiro atoms. The predicted molar refractivity (Wildman–Crippen MR) is 111 cm³/mol. The van der Waals surface area contributed by atoms with Crippen molar-refractivity contribution in [3.63, 3.8) is 0 Å². The van der Waals surface area contributed by atoms with E-state index in [9.17, 15) is 18.0 Å². The second-order valence-electron chi connectivity index (χ2n) is 6.89. The van der Waals surface area contributed by atoms with E-state index in [1.807, 2.05) is 30.5 Å². The van der Waals surface area contributed by atoms with Gasteiger partial charge in [0.05, 0.1) is 4.90 Å². The fraction of sp³-hybridized carbons (Fsp3) is 0.300. The van der Waals surface area contributed by atoms with Crippen LogP contribution in [0.5, 0.6) is 0 Å². The summed E-state index contributed by atoms with van der Waals surface area (Å²) in [6, 6.07) is 10.4. The van der Waals surface area contributed by atoms with E-state index in [-0.39, 0.29) is 29.3 Å². The monoisotopic (exact) mass is 416 g/mol. The van der Waals surface area contributed by atoms with Crippen molar-refractivity contribution in [1.82, 2.24) is 19.2 Å². The van der Waals surface area contributed by atoms with E-state index in [4.69, 9.17) is 0 Å². The van der Waals surface area contributed by atoms with Crippen LogP contribution in [0.25, 0.3) is 10.9 Å². The van der Waals surface area contributed by atoms with Crippen molar-refractivity contribution in [2.45, 2.75) is 24.3 Å². The van der Waals surface area contributed by atoms with Crippen LogP contribution < -0.4 is 10.9 Å². The van der Waals surface area contributed by atoms with Crippen LogP contribution in [-0.2, 0) is 27.8 Å². The van der Waals surface area contributed by atoms with Gasteiger partial charge in [-0.15, -0.1) is 0 Å². The Morgan fingerprint density at radius 3 is 2.69 bits per heavy atom. The molecule has 0 saturated carbocycles. The number of aromatic nitrogens is 2. The van der Waals surface area contributed by atoms with Crippen molar-refractivity contribution in [1.29, 1.82) is 0 Å². The van der Waals surface area contributed by atoms with Gasteiger partial charge >= 0.3 is 0 Å². The molecule has 3 aromatic rings. The zero-order valence-electron chi connectivity index (χ0n) is 16.4. The molecule has 0 unspecified atom stereocenters. The summed E-state index contributed by atoms with van der Waals surface area (Å²) in [5, 5.41) is 3.98. The van der Waals surface area contributed by atoms with Gasteiger partial charge in [0, 0.05) is 63.0 Å². The molecule has 0 atom stereocenters. The fourth-order valence-corrected chi connectivity index (χ4v) is 3.96. The molecular formula is C20H24N4O4S. The maximum Gasteiger partial charge on any atom is 0.250 e.